The molecule has 61 heteroatoms. The molecule has 5 amide bonds. The Morgan fingerprint density at radius 2 is 0.387 bits per heavy atom. The van der Waals surface area contributed by atoms with Crippen molar-refractivity contribution >= 4 is 29.5 Å². The lowest BCUT2D eigenvalue weighted by molar-refractivity contribution is -0.392. The Morgan fingerprint density at radius 3 is 0.664 bits per heavy atom. The molecule has 0 aromatic rings. The van der Waals surface area contributed by atoms with Gasteiger partial charge in [0.2, 0.25) is 29.5 Å². The third kappa shape index (κ3) is 25.2. The van der Waals surface area contributed by atoms with Gasteiger partial charge in [-0.15, -0.1) is 0 Å². The van der Waals surface area contributed by atoms with Crippen molar-refractivity contribution in [1.82, 2.24) is 26.6 Å². The van der Waals surface area contributed by atoms with Crippen molar-refractivity contribution < 1.29 is 277 Å². The molecule has 11 aliphatic heterocycles. The number of amides is 5. The Morgan fingerprint density at radius 1 is 0.190 bits per heavy atom. The molecule has 61 nitrogen and oxygen atoms in total. The normalized spacial score (nSPS) is 48.9. The summed E-state index contributed by atoms with van der Waals surface area (Å²) in [6.45, 7) is -7.65. The molecule has 137 heavy (non-hydrogen) atoms. The minimum Gasteiger partial charge on any atom is -0.394 e. The van der Waals surface area contributed by atoms with Gasteiger partial charge >= 0.3 is 0 Å². The van der Waals surface area contributed by atoms with E-state index in [0.717, 1.165) is 34.6 Å². The first-order chi connectivity index (χ1) is 64.8. The summed E-state index contributed by atoms with van der Waals surface area (Å²) < 4.78 is 124. The molecule has 0 aromatic carbocycles. The highest BCUT2D eigenvalue weighted by Crippen LogP contribution is 2.42. The van der Waals surface area contributed by atoms with Crippen LogP contribution in [0.15, 0.2) is 0 Å². The van der Waals surface area contributed by atoms with Crippen LogP contribution in [0.3, 0.4) is 0 Å². The lowest BCUT2D eigenvalue weighted by Gasteiger charge is -2.51. The van der Waals surface area contributed by atoms with Gasteiger partial charge in [0, 0.05) is 34.6 Å². The summed E-state index contributed by atoms with van der Waals surface area (Å²) in [6, 6.07) is -9.83. The first-order valence-electron chi connectivity index (χ1n) is 43.6. The van der Waals surface area contributed by atoms with Gasteiger partial charge < -0.3 is 279 Å². The molecule has 0 bridgehead atoms. The minimum atomic E-state index is -2.59. The van der Waals surface area contributed by atoms with E-state index in [0.29, 0.717) is 0 Å². The molecule has 0 aliphatic carbocycles. The molecule has 792 valence electrons. The SMILES string of the molecule is CC(=O)N[C@H]1[C@H](OC[C@H]2O[C@@H](O[C@H]3[C@H](O)[C@@H](NC(C)=O)[C@H](O[C@H]4[C@@H](O)[C@@H](CO[C@@H]5O[C@H](CO)[C@@H](O)[C@H](O)[C@H]5NC(C)=O)O[C@@H](O[C@H]5[C@H](O)[C@@H](NC(C)=O)[C@H](O[C@H]6[C@@H](O)[C@@H](CO)O[C@@H](O[C@H]7[C@H](O)[C@@H](O)[C@H](O)O[C@@H]7CO)[C@@H]6O)O[C@@H]5CO)[C@@H]4O)O[C@@H]3CO)[C@H](O)[C@@H](O[C@@H]3O[C@H](CO)[C@@H](O[C@@H]4O[C@H](CO)[C@H](O)[C@H](O)[C@H]4O)[C@H](O)[C@H]3NC(C)=O)[C@H]2O)O[C@H](CO)[C@@H](O[C@@H]2O[C@H](CO)[C@H](O)[C@H](O)[C@H]2O)[C@@H]1O. The molecule has 11 heterocycles. The van der Waals surface area contributed by atoms with Crippen LogP contribution in [0.1, 0.15) is 34.6 Å². The van der Waals surface area contributed by atoms with E-state index >= 15 is 0 Å². The second-order valence-electron chi connectivity index (χ2n) is 34.6. The second kappa shape index (κ2) is 49.5. The molecule has 11 aliphatic rings. The molecule has 11 fully saturated rings. The summed E-state index contributed by atoms with van der Waals surface area (Å²) in [4.78, 5) is 65.4. The van der Waals surface area contributed by atoms with Crippen LogP contribution in [0.2, 0.25) is 0 Å². The van der Waals surface area contributed by atoms with Crippen LogP contribution in [0, 0.1) is 0 Å². The predicted octanol–water partition coefficient (Wildman–Crippen LogP) is -24.3. The lowest BCUT2D eigenvalue weighted by Crippen LogP contribution is -2.71. The average molecular weight is 2010 g/mol. The maximum absolute atomic E-state index is 13.6. The van der Waals surface area contributed by atoms with Crippen LogP contribution in [0.5, 0.6) is 0 Å². The van der Waals surface area contributed by atoms with E-state index in [4.69, 9.17) is 99.5 Å². The number of rotatable bonds is 36. The van der Waals surface area contributed by atoms with E-state index in [1.807, 2.05) is 0 Å². The first kappa shape index (κ1) is 113. The van der Waals surface area contributed by atoms with E-state index in [1.54, 1.807) is 0 Å². The van der Waals surface area contributed by atoms with Crippen molar-refractivity contribution in [1.29, 1.82) is 0 Å². The van der Waals surface area contributed by atoms with Crippen molar-refractivity contribution in [3.8, 4) is 0 Å². The van der Waals surface area contributed by atoms with Gasteiger partial charge in [-0.3, -0.25) is 24.0 Å². The van der Waals surface area contributed by atoms with Crippen LogP contribution in [0.25, 0.3) is 0 Å². The van der Waals surface area contributed by atoms with E-state index < -0.39 is 440 Å². The zero-order valence-electron chi connectivity index (χ0n) is 73.6. The third-order valence-electron chi connectivity index (χ3n) is 25.0. The number of ether oxygens (including phenoxy) is 21. The Hall–Kier alpha value is -4.69. The number of hydrogen-bond acceptors (Lipinski definition) is 56. The van der Waals surface area contributed by atoms with Gasteiger partial charge in [0.1, 0.15) is 268 Å². The minimum absolute atomic E-state index is 0.858. The van der Waals surface area contributed by atoms with Crippen molar-refractivity contribution in [3.05, 3.63) is 0 Å². The Bertz CT molecular complexity index is 3780. The molecule has 11 saturated heterocycles. The number of hydrogen-bond donors (Lipinski definition) is 35. The van der Waals surface area contributed by atoms with E-state index in [-0.39, 0.29) is 0 Å². The van der Waals surface area contributed by atoms with Gasteiger partial charge in [0.05, 0.1) is 72.7 Å². The van der Waals surface area contributed by atoms with Gasteiger partial charge in [-0.2, -0.15) is 0 Å². The predicted molar refractivity (Wildman–Crippen MR) is 420 cm³/mol. The van der Waals surface area contributed by atoms with Gasteiger partial charge in [0.25, 0.3) is 0 Å². The molecule has 0 saturated carbocycles. The van der Waals surface area contributed by atoms with Crippen molar-refractivity contribution in [2.45, 2.75) is 372 Å². The number of aliphatic hydroxyl groups excluding tert-OH is 30. The Kier molecular flexibility index (Phi) is 40.7. The molecule has 55 atom stereocenters. The molecule has 0 radical (unpaired) electrons. The van der Waals surface area contributed by atoms with Crippen LogP contribution in [-0.2, 0) is 123 Å². The largest absolute Gasteiger partial charge is 0.394 e. The first-order valence-corrected chi connectivity index (χ1v) is 43.6. The molecule has 0 spiro atoms. The number of aliphatic hydroxyl groups is 30. The van der Waals surface area contributed by atoms with Gasteiger partial charge in [-0.25, -0.2) is 0 Å². The number of nitrogens with one attached hydrogen (secondary N) is 5. The number of carbonyl (C=O) groups excluding carboxylic acids is 5. The van der Waals surface area contributed by atoms with Gasteiger partial charge in [-0.05, 0) is 0 Å². The topological polar surface area (TPSA) is 946 Å². The highest BCUT2D eigenvalue weighted by molar-refractivity contribution is 5.75. The fourth-order valence-corrected chi connectivity index (χ4v) is 17.8. The van der Waals surface area contributed by atoms with Crippen LogP contribution >= 0.6 is 0 Å². The van der Waals surface area contributed by atoms with Gasteiger partial charge in [-0.1, -0.05) is 0 Å². The highest BCUT2D eigenvalue weighted by atomic mass is 16.8. The summed E-state index contributed by atoms with van der Waals surface area (Å²) in [6.07, 6.45) is -106. The smallest absolute Gasteiger partial charge is 0.217 e. The highest BCUT2D eigenvalue weighted by Gasteiger charge is 2.63. The monoisotopic (exact) mass is 2010 g/mol. The summed E-state index contributed by atoms with van der Waals surface area (Å²) >= 11 is 0. The third-order valence-corrected chi connectivity index (χ3v) is 25.0. The fraction of sp³-hybridized carbons (Fsp3) is 0.934. The Labute approximate surface area is 775 Å². The standard InChI is InChI=1S/C76H127N5O56/c1-17(91)77-33-44(102)38(96)22(6-82)120-67(33)117-15-31-42(100)64(56(114)75(128-31)132-60-29(13-89)126-69(36(47(60)105)80-20(4)94)135-63-41(99)25(9-85)123-74(55(63)113)134-62-26(10-86)119-66(116)52(110)51(62)109)137-71-37(81-21(5)95)48(106)61(30(14-90)127-71)133-76-57(115)65(136-70-35(79-19(3)93)46(104)59(28(12-88)125-70)131-73-54(112)50(108)40(98)24(8-84)122-73)43(101)32(129-76)16-118-68-34(78-18(2)92)45(103)58(27(11-87)124-68)130-72-53(111)49(107)39(97)23(7-83)121-72/h22-76,82-90,96-116H,6-16H2,1-5H3,(H,77,91)(H,78,92)(H,79,93)(H,80,94)(H,81,95)/t22-,23-,24-,25-,26-,27-,28-,29-,30-,31-,32-,33-,34-,35-,36-,37-,38-,39+,40+,41+,42+,43+,44-,45-,46-,47-,48-,49+,50+,51-,52-,53-,54-,55-,56-,57-,58-,59-,60-,61-,62-,63+,64+,65+,66-,67-,68-,69+,70+,71+,72+,73+,74+,75+,76+/m1/s1. The van der Waals surface area contributed by atoms with Crippen LogP contribution < -0.4 is 26.6 Å². The number of carbonyl (C=O) groups is 5. The van der Waals surface area contributed by atoms with Crippen molar-refractivity contribution in [2.75, 3.05) is 72.7 Å². The maximum Gasteiger partial charge on any atom is 0.217 e. The van der Waals surface area contributed by atoms with Crippen molar-refractivity contribution in [3.63, 3.8) is 0 Å². The fourth-order valence-electron chi connectivity index (χ4n) is 17.8. The lowest BCUT2D eigenvalue weighted by atomic mass is 9.93. The van der Waals surface area contributed by atoms with Crippen LogP contribution in [0.4, 0.5) is 0 Å². The van der Waals surface area contributed by atoms with Gasteiger partial charge in [0.15, 0.2) is 69.2 Å². The maximum atomic E-state index is 13.6. The molecule has 0 aromatic heterocycles. The molecular weight excluding hydrogens is 1880 g/mol. The summed E-state index contributed by atoms with van der Waals surface area (Å²) in [5.74, 6) is -4.89. The second-order valence-corrected chi connectivity index (χ2v) is 34.6. The summed E-state index contributed by atoms with van der Waals surface area (Å²) in [7, 11) is 0. The van der Waals surface area contributed by atoms with E-state index in [9.17, 15) is 177 Å². The summed E-state index contributed by atoms with van der Waals surface area (Å²) in [5, 5.41) is 347. The molecular formula is C76H127N5O56. The summed E-state index contributed by atoms with van der Waals surface area (Å²) in [5.41, 5.74) is 0. The van der Waals surface area contributed by atoms with Crippen molar-refractivity contribution in [2.24, 2.45) is 0 Å². The van der Waals surface area contributed by atoms with E-state index in [2.05, 4.69) is 26.6 Å². The molecule has 0 unspecified atom stereocenters. The quantitative estimate of drug-likeness (QED) is 0.0277. The molecule has 11 rings (SSSR count). The zero-order valence-corrected chi connectivity index (χ0v) is 73.6. The van der Waals surface area contributed by atoms with E-state index in [1.165, 1.54) is 0 Å². The zero-order chi connectivity index (χ0) is 101. The van der Waals surface area contributed by atoms with Crippen LogP contribution in [-0.4, -0.2) is 593 Å². The molecule has 35 N–H and O–H groups in total. The Balaban J connectivity index is 0.903. The average Bonchev–Trinajstić information content (AvgIpc) is 0.755.